The van der Waals surface area contributed by atoms with Crippen molar-refractivity contribution in [1.82, 2.24) is 0 Å². The number of halogens is 1. The summed E-state index contributed by atoms with van der Waals surface area (Å²) in [4.78, 5) is 12.5. The summed E-state index contributed by atoms with van der Waals surface area (Å²) in [6, 6.07) is 2.20. The van der Waals surface area contributed by atoms with Crippen molar-refractivity contribution >= 4 is 36.4 Å². The average molecular weight is 415 g/mol. The Morgan fingerprint density at radius 1 is 1.38 bits per heavy atom. The molecule has 0 N–H and O–H groups in total. The van der Waals surface area contributed by atoms with Crippen molar-refractivity contribution in [3.05, 3.63) is 0 Å². The molecule has 0 aromatic heterocycles. The van der Waals surface area contributed by atoms with Gasteiger partial charge >= 0.3 is 0 Å². The lowest BCUT2D eigenvalue weighted by molar-refractivity contribution is -0.125. The summed E-state index contributed by atoms with van der Waals surface area (Å²) in [6.07, 6.45) is 4.80. The summed E-state index contributed by atoms with van der Waals surface area (Å²) < 4.78 is -0.332. The van der Waals surface area contributed by atoms with Crippen LogP contribution in [0.25, 0.3) is 0 Å². The van der Waals surface area contributed by atoms with Gasteiger partial charge in [0.2, 0.25) is 0 Å². The lowest BCUT2D eigenvalue weighted by Gasteiger charge is -2.40. The number of carbonyl (C=O) groups excluding carboxylic acids is 1. The number of nitriles is 1. The highest BCUT2D eigenvalue weighted by Gasteiger charge is 2.46. The van der Waals surface area contributed by atoms with Gasteiger partial charge in [0.15, 0.2) is 0 Å². The van der Waals surface area contributed by atoms with Crippen LogP contribution in [0.5, 0.6) is 0 Å². The summed E-state index contributed by atoms with van der Waals surface area (Å²) in [5.41, 5.74) is 3.40. The molecule has 1 unspecified atom stereocenters. The van der Waals surface area contributed by atoms with Crippen LogP contribution in [0.1, 0.15) is 45.4 Å². The summed E-state index contributed by atoms with van der Waals surface area (Å²) in [6.45, 7) is 8.92. The molecule has 3 atom stereocenters. The maximum Gasteiger partial charge on any atom is 0.149 e. The molecule has 1 aliphatic rings. The Morgan fingerprint density at radius 3 is 2.62 bits per heavy atom. The highest BCUT2D eigenvalue weighted by molar-refractivity contribution is 14.1. The SMILES string of the molecule is C[C@H]1CC(=O)C(I)(CCC#N)[C@H](CCC#C[Si](C)(C)C)C1. The number of hydrogen-bond acceptors (Lipinski definition) is 2. The minimum atomic E-state index is -1.30. The second-order valence-corrected chi connectivity index (χ2v) is 14.0. The van der Waals surface area contributed by atoms with Crippen molar-refractivity contribution < 1.29 is 4.79 Å². The van der Waals surface area contributed by atoms with Crippen LogP contribution in [-0.4, -0.2) is 17.3 Å². The highest BCUT2D eigenvalue weighted by Crippen LogP contribution is 2.46. The van der Waals surface area contributed by atoms with Crippen LogP contribution in [0.3, 0.4) is 0 Å². The first kappa shape index (κ1) is 18.7. The van der Waals surface area contributed by atoms with Crippen LogP contribution in [0.15, 0.2) is 0 Å². The molecule has 0 radical (unpaired) electrons. The quantitative estimate of drug-likeness (QED) is 0.288. The molecule has 116 valence electrons. The number of ketones is 1. The largest absolute Gasteiger partial charge is 0.298 e. The maximum atomic E-state index is 12.5. The molecule has 0 aliphatic heterocycles. The fourth-order valence-electron chi connectivity index (χ4n) is 2.97. The van der Waals surface area contributed by atoms with E-state index in [0.29, 0.717) is 36.9 Å². The molecule has 0 bridgehead atoms. The minimum Gasteiger partial charge on any atom is -0.298 e. The van der Waals surface area contributed by atoms with E-state index < -0.39 is 8.07 Å². The van der Waals surface area contributed by atoms with Gasteiger partial charge in [0.1, 0.15) is 13.9 Å². The maximum absolute atomic E-state index is 12.5. The van der Waals surface area contributed by atoms with Crippen molar-refractivity contribution in [2.75, 3.05) is 0 Å². The summed E-state index contributed by atoms with van der Waals surface area (Å²) in [5.74, 6) is 4.52. The van der Waals surface area contributed by atoms with E-state index in [0.717, 1.165) is 19.3 Å². The Kier molecular flexibility index (Phi) is 6.94. The van der Waals surface area contributed by atoms with E-state index in [4.69, 9.17) is 5.26 Å². The van der Waals surface area contributed by atoms with Gasteiger partial charge in [-0.25, -0.2) is 0 Å². The van der Waals surface area contributed by atoms with E-state index in [2.05, 4.69) is 66.7 Å². The van der Waals surface area contributed by atoms with E-state index in [1.165, 1.54) is 0 Å². The Morgan fingerprint density at radius 2 is 2.05 bits per heavy atom. The molecular weight excluding hydrogens is 389 g/mol. The Labute approximate surface area is 144 Å². The molecule has 1 rings (SSSR count). The molecule has 4 heteroatoms. The third-order valence-corrected chi connectivity index (χ3v) is 6.96. The number of hydrogen-bond donors (Lipinski definition) is 0. The molecule has 21 heavy (non-hydrogen) atoms. The zero-order valence-electron chi connectivity index (χ0n) is 13.6. The molecule has 0 aromatic rings. The second kappa shape index (κ2) is 7.79. The van der Waals surface area contributed by atoms with E-state index in [-0.39, 0.29) is 3.42 Å². The third-order valence-electron chi connectivity index (χ3n) is 4.01. The first-order valence-corrected chi connectivity index (χ1v) is 12.4. The zero-order valence-corrected chi connectivity index (χ0v) is 16.8. The van der Waals surface area contributed by atoms with Gasteiger partial charge < -0.3 is 0 Å². The highest BCUT2D eigenvalue weighted by atomic mass is 127. The molecule has 1 fully saturated rings. The molecule has 0 spiro atoms. The standard InChI is InChI=1S/C17H26INOSi/c1-14-12-15(8-5-6-11-21(2,3)4)17(18,9-7-10-19)16(20)13-14/h14-15H,5,7-9,12-13H2,1-4H3/t14-,15-,17?/m1/s1. The fourth-order valence-corrected chi connectivity index (χ4v) is 4.68. The normalized spacial score (nSPS) is 29.4. The van der Waals surface area contributed by atoms with Gasteiger partial charge in [-0.3, -0.25) is 4.79 Å². The first-order chi connectivity index (χ1) is 9.69. The molecule has 0 heterocycles. The second-order valence-electron chi connectivity index (χ2n) is 7.28. The van der Waals surface area contributed by atoms with Crippen molar-refractivity contribution in [3.63, 3.8) is 0 Å². The van der Waals surface area contributed by atoms with Crippen molar-refractivity contribution in [3.8, 4) is 17.5 Å². The number of alkyl halides is 1. The lowest BCUT2D eigenvalue weighted by Crippen LogP contribution is -2.45. The van der Waals surface area contributed by atoms with Crippen LogP contribution in [0.2, 0.25) is 19.6 Å². The molecule has 1 saturated carbocycles. The molecule has 1 aliphatic carbocycles. The third kappa shape index (κ3) is 5.75. The fraction of sp³-hybridized carbons (Fsp3) is 0.765. The van der Waals surface area contributed by atoms with Gasteiger partial charge in [-0.1, -0.05) is 49.2 Å². The molecular formula is C17H26INOSi. The van der Waals surface area contributed by atoms with E-state index >= 15 is 0 Å². The predicted octanol–water partition coefficient (Wildman–Crippen LogP) is 4.74. The summed E-state index contributed by atoms with van der Waals surface area (Å²) in [7, 11) is -1.30. The van der Waals surface area contributed by atoms with Crippen LogP contribution < -0.4 is 0 Å². The Bertz CT molecular complexity index is 480. The van der Waals surface area contributed by atoms with E-state index in [1.807, 2.05) is 0 Å². The van der Waals surface area contributed by atoms with Gasteiger partial charge in [0, 0.05) is 19.3 Å². The smallest absolute Gasteiger partial charge is 0.149 e. The summed E-state index contributed by atoms with van der Waals surface area (Å²) in [5, 5.41) is 8.86. The topological polar surface area (TPSA) is 40.9 Å². The number of Topliss-reactive ketones (excluding diaryl/α,β-unsaturated/α-hetero) is 1. The van der Waals surface area contributed by atoms with Gasteiger partial charge in [0.25, 0.3) is 0 Å². The number of rotatable bonds is 4. The van der Waals surface area contributed by atoms with Crippen LogP contribution in [-0.2, 0) is 4.79 Å². The molecule has 0 amide bonds. The molecule has 0 aromatic carbocycles. The van der Waals surface area contributed by atoms with Gasteiger partial charge in [0.05, 0.1) is 9.49 Å². The van der Waals surface area contributed by atoms with Crippen molar-refractivity contribution in [1.29, 1.82) is 5.26 Å². The van der Waals surface area contributed by atoms with Crippen molar-refractivity contribution in [2.45, 2.75) is 68.5 Å². The Balaban J connectivity index is 2.76. The average Bonchev–Trinajstić information content (AvgIpc) is 2.36. The molecule has 2 nitrogen and oxygen atoms in total. The lowest BCUT2D eigenvalue weighted by atomic mass is 9.70. The number of nitrogens with zero attached hydrogens (tertiary/aromatic N) is 1. The van der Waals surface area contributed by atoms with Crippen molar-refractivity contribution in [2.24, 2.45) is 11.8 Å². The predicted molar refractivity (Wildman–Crippen MR) is 98.8 cm³/mol. The first-order valence-electron chi connectivity index (χ1n) is 7.78. The van der Waals surface area contributed by atoms with E-state index in [9.17, 15) is 4.79 Å². The summed E-state index contributed by atoms with van der Waals surface area (Å²) >= 11 is 2.34. The molecule has 0 saturated heterocycles. The monoisotopic (exact) mass is 415 g/mol. The van der Waals surface area contributed by atoms with E-state index in [1.54, 1.807) is 0 Å². The zero-order chi connectivity index (χ0) is 16.1. The van der Waals surface area contributed by atoms with Gasteiger partial charge in [-0.15, -0.1) is 11.5 Å². The van der Waals surface area contributed by atoms with Crippen LogP contribution >= 0.6 is 22.6 Å². The van der Waals surface area contributed by atoms with Crippen LogP contribution in [0, 0.1) is 34.6 Å². The van der Waals surface area contributed by atoms with Gasteiger partial charge in [-0.2, -0.15) is 5.26 Å². The minimum absolute atomic E-state index is 0.332. The Hall–Kier alpha value is -0.333. The number of carbonyl (C=O) groups is 1. The van der Waals surface area contributed by atoms with Gasteiger partial charge in [-0.05, 0) is 31.1 Å². The van der Waals surface area contributed by atoms with Crippen LogP contribution in [0.4, 0.5) is 0 Å².